The number of likely N-dealkylation sites (N-methyl/N-ethyl adjacent to an activating group) is 1. The van der Waals surface area contributed by atoms with Crippen molar-refractivity contribution in [1.29, 1.82) is 0 Å². The lowest BCUT2D eigenvalue weighted by atomic mass is 9.70. The summed E-state index contributed by atoms with van der Waals surface area (Å²) in [5, 5.41) is 13.2. The first-order valence-corrected chi connectivity index (χ1v) is 19.2. The van der Waals surface area contributed by atoms with Crippen LogP contribution in [0.4, 0.5) is 0 Å². The quantitative estimate of drug-likeness (QED) is 0.0404. The van der Waals surface area contributed by atoms with Gasteiger partial charge in [-0.1, -0.05) is 168 Å². The van der Waals surface area contributed by atoms with Gasteiger partial charge in [0.25, 0.3) is 0 Å². The van der Waals surface area contributed by atoms with Gasteiger partial charge in [-0.3, -0.25) is 9.59 Å². The van der Waals surface area contributed by atoms with Crippen LogP contribution in [0.3, 0.4) is 0 Å². The smallest absolute Gasteiger partial charge is 0.145 e. The van der Waals surface area contributed by atoms with Crippen molar-refractivity contribution in [1.82, 2.24) is 5.32 Å². The van der Waals surface area contributed by atoms with Crippen LogP contribution in [0.5, 0.6) is 0 Å². The molecule has 0 spiro atoms. The van der Waals surface area contributed by atoms with E-state index in [-0.39, 0.29) is 24.4 Å². The second kappa shape index (κ2) is 31.2. The number of nitrogens with one attached hydrogen (secondary N) is 1. The lowest BCUT2D eigenvalue weighted by Crippen LogP contribution is -2.63. The summed E-state index contributed by atoms with van der Waals surface area (Å²) in [4.78, 5) is 50.7. The van der Waals surface area contributed by atoms with Gasteiger partial charge in [-0.15, -0.1) is 0 Å². The van der Waals surface area contributed by atoms with Gasteiger partial charge in [0, 0.05) is 12.8 Å². The molecule has 0 aliphatic heterocycles. The zero-order chi connectivity index (χ0) is 33.4. The molecule has 0 heterocycles. The monoisotopic (exact) mass is 636 g/mol. The molecule has 264 valence electrons. The van der Waals surface area contributed by atoms with E-state index in [0.29, 0.717) is 25.4 Å². The number of unbranched alkanes of at least 4 members (excludes halogenated alkanes) is 24. The minimum Gasteiger partial charge on any atom is -0.394 e. The SMILES string of the molecule is CCCCCCCCCCCCCCCC(=O)C(C=O)C(CO)(NC)C(C=O)C(=O)CCCCCCCCCCCCCCC. The lowest BCUT2D eigenvalue weighted by molar-refractivity contribution is -0.139. The molecule has 0 aliphatic carbocycles. The van der Waals surface area contributed by atoms with Gasteiger partial charge in [0.1, 0.15) is 24.1 Å². The summed E-state index contributed by atoms with van der Waals surface area (Å²) in [6.45, 7) is 3.86. The highest BCUT2D eigenvalue weighted by Crippen LogP contribution is 2.29. The molecule has 0 fully saturated rings. The maximum absolute atomic E-state index is 13.2. The standard InChI is InChI=1S/C39H73NO5/c1-4-6-8-10-12-14-16-18-20-22-24-26-28-30-37(44)35(32-41)39(34-43,40-3)36(33-42)38(45)31-29-27-25-23-21-19-17-15-13-11-9-7-5-2/h32-33,35-36,40,43H,4-31,34H2,1-3H3. The van der Waals surface area contributed by atoms with Crippen molar-refractivity contribution >= 4 is 24.1 Å². The van der Waals surface area contributed by atoms with Crippen LogP contribution in [-0.4, -0.2) is 48.4 Å². The van der Waals surface area contributed by atoms with Crippen LogP contribution in [0.15, 0.2) is 0 Å². The molecule has 0 aromatic carbocycles. The number of hydrogen-bond acceptors (Lipinski definition) is 6. The minimum absolute atomic E-state index is 0.212. The van der Waals surface area contributed by atoms with Crippen molar-refractivity contribution in [3.05, 3.63) is 0 Å². The summed E-state index contributed by atoms with van der Waals surface area (Å²) in [7, 11) is 1.51. The van der Waals surface area contributed by atoms with Gasteiger partial charge in [0.2, 0.25) is 0 Å². The summed E-state index contributed by atoms with van der Waals surface area (Å²) < 4.78 is 0. The summed E-state index contributed by atoms with van der Waals surface area (Å²) in [6, 6.07) is 0. The first kappa shape index (κ1) is 43.6. The predicted octanol–water partition coefficient (Wildman–Crippen LogP) is 9.67. The Morgan fingerprint density at radius 3 is 0.956 bits per heavy atom. The second-order valence-electron chi connectivity index (χ2n) is 13.6. The highest BCUT2D eigenvalue weighted by molar-refractivity contribution is 6.00. The molecule has 0 aromatic heterocycles. The molecular formula is C39H73NO5. The van der Waals surface area contributed by atoms with E-state index in [1.165, 1.54) is 123 Å². The van der Waals surface area contributed by atoms with Crippen molar-refractivity contribution in [2.45, 2.75) is 199 Å². The topological polar surface area (TPSA) is 101 Å². The van der Waals surface area contributed by atoms with Crippen molar-refractivity contribution < 1.29 is 24.3 Å². The van der Waals surface area contributed by atoms with Gasteiger partial charge in [0.05, 0.1) is 24.0 Å². The third-order valence-electron chi connectivity index (χ3n) is 9.86. The van der Waals surface area contributed by atoms with Crippen LogP contribution in [0.1, 0.15) is 194 Å². The maximum atomic E-state index is 13.2. The summed E-state index contributed by atoms with van der Waals surface area (Å²) >= 11 is 0. The zero-order valence-corrected chi connectivity index (χ0v) is 29.9. The van der Waals surface area contributed by atoms with E-state index in [1.54, 1.807) is 0 Å². The van der Waals surface area contributed by atoms with Gasteiger partial charge in [-0.25, -0.2) is 0 Å². The van der Waals surface area contributed by atoms with E-state index in [0.717, 1.165) is 38.5 Å². The largest absolute Gasteiger partial charge is 0.394 e. The first-order chi connectivity index (χ1) is 22.0. The van der Waals surface area contributed by atoms with Crippen molar-refractivity contribution in [2.24, 2.45) is 11.8 Å². The van der Waals surface area contributed by atoms with E-state index in [9.17, 15) is 24.3 Å². The summed E-state index contributed by atoms with van der Waals surface area (Å²) in [5.41, 5.74) is -1.59. The zero-order valence-electron chi connectivity index (χ0n) is 29.9. The normalized spacial score (nSPS) is 14.1. The van der Waals surface area contributed by atoms with Crippen molar-refractivity contribution in [3.8, 4) is 0 Å². The number of carbonyl (C=O) groups excluding carboxylic acids is 4. The van der Waals surface area contributed by atoms with E-state index in [2.05, 4.69) is 19.2 Å². The van der Waals surface area contributed by atoms with Gasteiger partial charge in [-0.2, -0.15) is 0 Å². The summed E-state index contributed by atoms with van der Waals surface area (Å²) in [6.07, 6.45) is 32.7. The molecule has 0 saturated heterocycles. The molecule has 6 nitrogen and oxygen atoms in total. The molecule has 0 aliphatic rings. The average molecular weight is 636 g/mol. The number of rotatable bonds is 36. The fraction of sp³-hybridized carbons (Fsp3) is 0.897. The van der Waals surface area contributed by atoms with E-state index >= 15 is 0 Å². The molecule has 0 bridgehead atoms. The molecule has 2 N–H and O–H groups in total. The highest BCUT2D eigenvalue weighted by atomic mass is 16.3. The molecular weight excluding hydrogens is 562 g/mol. The molecule has 0 rings (SSSR count). The van der Waals surface area contributed by atoms with Crippen LogP contribution in [-0.2, 0) is 19.2 Å². The molecule has 2 unspecified atom stereocenters. The third-order valence-corrected chi connectivity index (χ3v) is 9.86. The van der Waals surface area contributed by atoms with Gasteiger partial charge >= 0.3 is 0 Å². The van der Waals surface area contributed by atoms with Gasteiger partial charge < -0.3 is 20.0 Å². The molecule has 2 atom stereocenters. The maximum Gasteiger partial charge on any atom is 0.145 e. The fourth-order valence-corrected chi connectivity index (χ4v) is 6.69. The van der Waals surface area contributed by atoms with Gasteiger partial charge in [-0.05, 0) is 19.9 Å². The van der Waals surface area contributed by atoms with E-state index < -0.39 is 24.0 Å². The predicted molar refractivity (Wildman–Crippen MR) is 189 cm³/mol. The Morgan fingerprint density at radius 2 is 0.756 bits per heavy atom. The minimum atomic E-state index is -1.59. The second-order valence-corrected chi connectivity index (χ2v) is 13.6. The third kappa shape index (κ3) is 20.4. The van der Waals surface area contributed by atoms with Crippen molar-refractivity contribution in [2.75, 3.05) is 13.7 Å². The number of Topliss-reactive ketones (excluding diaryl/α,β-unsaturated/α-hetero) is 2. The Bertz CT molecular complexity index is 664. The Morgan fingerprint density at radius 1 is 0.511 bits per heavy atom. The number of hydrogen-bond donors (Lipinski definition) is 2. The molecule has 0 aromatic rings. The van der Waals surface area contributed by atoms with Crippen LogP contribution >= 0.6 is 0 Å². The molecule has 0 amide bonds. The fourth-order valence-electron chi connectivity index (χ4n) is 6.69. The van der Waals surface area contributed by atoms with E-state index in [4.69, 9.17) is 0 Å². The number of aldehydes is 2. The number of ketones is 2. The summed E-state index contributed by atoms with van der Waals surface area (Å²) in [5.74, 6) is -3.10. The van der Waals surface area contributed by atoms with Crippen LogP contribution < -0.4 is 5.32 Å². The number of aliphatic hydroxyl groups excluding tert-OH is 1. The molecule has 0 radical (unpaired) electrons. The Hall–Kier alpha value is -1.40. The van der Waals surface area contributed by atoms with Crippen LogP contribution in [0, 0.1) is 11.8 Å². The molecule has 0 saturated carbocycles. The lowest BCUT2D eigenvalue weighted by Gasteiger charge is -2.39. The Labute approximate surface area is 278 Å². The van der Waals surface area contributed by atoms with Crippen LogP contribution in [0.2, 0.25) is 0 Å². The first-order valence-electron chi connectivity index (χ1n) is 19.2. The Balaban J connectivity index is 4.42. The van der Waals surface area contributed by atoms with Crippen molar-refractivity contribution in [3.63, 3.8) is 0 Å². The Kier molecular flexibility index (Phi) is 30.2. The number of aliphatic hydroxyl groups is 1. The highest BCUT2D eigenvalue weighted by Gasteiger charge is 2.49. The molecule has 45 heavy (non-hydrogen) atoms. The van der Waals surface area contributed by atoms with Gasteiger partial charge in [0.15, 0.2) is 0 Å². The average Bonchev–Trinajstić information content (AvgIpc) is 3.05. The molecule has 6 heteroatoms. The van der Waals surface area contributed by atoms with Crippen LogP contribution in [0.25, 0.3) is 0 Å². The van der Waals surface area contributed by atoms with E-state index in [1.807, 2.05) is 0 Å². The number of carbonyl (C=O) groups is 4.